The standard InChI is InChI=1S/C20H18ClN3O/c1-2-24(16-8-4-3-5-9-16)20(25)15-12-13-22-19(14-15)23-18-11-7-6-10-17(18)21/h3-14H,2H2,1H3,(H,22,23). The Bertz CT molecular complexity index is 868. The van der Waals surface area contributed by atoms with Gasteiger partial charge in [0, 0.05) is 24.0 Å². The lowest BCUT2D eigenvalue weighted by atomic mass is 10.2. The quantitative estimate of drug-likeness (QED) is 0.691. The predicted molar refractivity (Wildman–Crippen MR) is 103 cm³/mol. The Balaban J connectivity index is 1.85. The minimum atomic E-state index is -0.0710. The number of carbonyl (C=O) groups is 1. The van der Waals surface area contributed by atoms with Gasteiger partial charge in [0.2, 0.25) is 0 Å². The van der Waals surface area contributed by atoms with Crippen molar-refractivity contribution in [3.8, 4) is 0 Å². The molecule has 0 aliphatic heterocycles. The molecule has 1 N–H and O–H groups in total. The molecule has 1 aromatic heterocycles. The van der Waals surface area contributed by atoms with Crippen molar-refractivity contribution < 1.29 is 4.79 Å². The molecule has 0 fully saturated rings. The predicted octanol–water partition coefficient (Wildman–Crippen LogP) is 5.15. The van der Waals surface area contributed by atoms with Crippen LogP contribution in [0.4, 0.5) is 17.2 Å². The molecule has 1 heterocycles. The number of anilines is 3. The van der Waals surface area contributed by atoms with Gasteiger partial charge in [-0.25, -0.2) is 4.98 Å². The van der Waals surface area contributed by atoms with E-state index in [2.05, 4.69) is 10.3 Å². The highest BCUT2D eigenvalue weighted by atomic mass is 35.5. The molecule has 0 saturated heterocycles. The van der Waals surface area contributed by atoms with E-state index >= 15 is 0 Å². The van der Waals surface area contributed by atoms with Crippen molar-refractivity contribution in [1.29, 1.82) is 0 Å². The van der Waals surface area contributed by atoms with Crippen molar-refractivity contribution in [1.82, 2.24) is 4.98 Å². The zero-order valence-electron chi connectivity index (χ0n) is 13.8. The Morgan fingerprint density at radius 3 is 2.52 bits per heavy atom. The van der Waals surface area contributed by atoms with Crippen LogP contribution in [0, 0.1) is 0 Å². The van der Waals surface area contributed by atoms with E-state index in [9.17, 15) is 4.79 Å². The first-order chi connectivity index (χ1) is 12.2. The molecule has 0 aliphatic rings. The number of aromatic nitrogens is 1. The third-order valence-corrected chi connectivity index (χ3v) is 4.10. The number of hydrogen-bond acceptors (Lipinski definition) is 3. The Morgan fingerprint density at radius 1 is 1.08 bits per heavy atom. The van der Waals surface area contributed by atoms with Gasteiger partial charge < -0.3 is 10.2 Å². The molecule has 4 nitrogen and oxygen atoms in total. The van der Waals surface area contributed by atoms with Crippen LogP contribution in [0.25, 0.3) is 0 Å². The smallest absolute Gasteiger partial charge is 0.258 e. The molecule has 0 spiro atoms. The molecular formula is C20H18ClN3O. The number of nitrogens with one attached hydrogen (secondary N) is 1. The molecule has 0 radical (unpaired) electrons. The first kappa shape index (κ1) is 17.0. The lowest BCUT2D eigenvalue weighted by Crippen LogP contribution is -2.30. The second kappa shape index (κ2) is 7.81. The van der Waals surface area contributed by atoms with Gasteiger partial charge in [0.15, 0.2) is 0 Å². The van der Waals surface area contributed by atoms with Crippen molar-refractivity contribution in [2.45, 2.75) is 6.92 Å². The van der Waals surface area contributed by atoms with Crippen LogP contribution >= 0.6 is 11.6 Å². The SMILES string of the molecule is CCN(C(=O)c1ccnc(Nc2ccccc2Cl)c1)c1ccccc1. The average molecular weight is 352 g/mol. The molecule has 5 heteroatoms. The Hall–Kier alpha value is -2.85. The molecule has 0 aliphatic carbocycles. The highest BCUT2D eigenvalue weighted by Crippen LogP contribution is 2.24. The lowest BCUT2D eigenvalue weighted by molar-refractivity contribution is 0.0988. The number of carbonyl (C=O) groups excluding carboxylic acids is 1. The summed E-state index contributed by atoms with van der Waals surface area (Å²) in [5.41, 5.74) is 2.18. The molecule has 126 valence electrons. The molecule has 0 atom stereocenters. The maximum Gasteiger partial charge on any atom is 0.258 e. The number of amides is 1. The van der Waals surface area contributed by atoms with Crippen LogP contribution in [0.3, 0.4) is 0 Å². The number of halogens is 1. The summed E-state index contributed by atoms with van der Waals surface area (Å²) < 4.78 is 0. The van der Waals surface area contributed by atoms with Crippen LogP contribution in [0.2, 0.25) is 5.02 Å². The van der Waals surface area contributed by atoms with Crippen molar-refractivity contribution in [2.24, 2.45) is 0 Å². The fourth-order valence-electron chi connectivity index (χ4n) is 2.54. The van der Waals surface area contributed by atoms with Gasteiger partial charge in [-0.2, -0.15) is 0 Å². The Labute approximate surface area is 152 Å². The van der Waals surface area contributed by atoms with Gasteiger partial charge in [0.1, 0.15) is 5.82 Å². The molecule has 0 bridgehead atoms. The summed E-state index contributed by atoms with van der Waals surface area (Å²) in [6, 6.07) is 20.5. The molecule has 2 aromatic carbocycles. The first-order valence-electron chi connectivity index (χ1n) is 8.03. The van der Waals surface area contributed by atoms with Gasteiger partial charge >= 0.3 is 0 Å². The number of rotatable bonds is 5. The lowest BCUT2D eigenvalue weighted by Gasteiger charge is -2.21. The van der Waals surface area contributed by atoms with Crippen LogP contribution in [0.1, 0.15) is 17.3 Å². The zero-order valence-corrected chi connectivity index (χ0v) is 14.6. The van der Waals surface area contributed by atoms with Gasteiger partial charge in [-0.1, -0.05) is 41.9 Å². The largest absolute Gasteiger partial charge is 0.339 e. The van der Waals surface area contributed by atoms with Gasteiger partial charge in [0.25, 0.3) is 5.91 Å². The van der Waals surface area contributed by atoms with Crippen LogP contribution in [-0.2, 0) is 0 Å². The fraction of sp³-hybridized carbons (Fsp3) is 0.100. The highest BCUT2D eigenvalue weighted by molar-refractivity contribution is 6.33. The molecular weight excluding hydrogens is 334 g/mol. The Kier molecular flexibility index (Phi) is 5.31. The average Bonchev–Trinajstić information content (AvgIpc) is 2.65. The van der Waals surface area contributed by atoms with Crippen LogP contribution < -0.4 is 10.2 Å². The third kappa shape index (κ3) is 3.98. The second-order valence-electron chi connectivity index (χ2n) is 5.42. The fourth-order valence-corrected chi connectivity index (χ4v) is 2.72. The second-order valence-corrected chi connectivity index (χ2v) is 5.83. The molecule has 0 saturated carbocycles. The summed E-state index contributed by atoms with van der Waals surface area (Å²) in [5, 5.41) is 3.75. The summed E-state index contributed by atoms with van der Waals surface area (Å²) in [7, 11) is 0. The minimum Gasteiger partial charge on any atom is -0.339 e. The summed E-state index contributed by atoms with van der Waals surface area (Å²) in [6.45, 7) is 2.54. The molecule has 1 amide bonds. The maximum absolute atomic E-state index is 12.9. The van der Waals surface area contributed by atoms with E-state index in [1.54, 1.807) is 29.3 Å². The number of benzene rings is 2. The monoisotopic (exact) mass is 351 g/mol. The van der Waals surface area contributed by atoms with Crippen molar-refractivity contribution in [2.75, 3.05) is 16.8 Å². The number of hydrogen-bond donors (Lipinski definition) is 1. The molecule has 25 heavy (non-hydrogen) atoms. The first-order valence-corrected chi connectivity index (χ1v) is 8.41. The highest BCUT2D eigenvalue weighted by Gasteiger charge is 2.16. The number of para-hydroxylation sites is 2. The van der Waals surface area contributed by atoms with Crippen LogP contribution in [0.5, 0.6) is 0 Å². The van der Waals surface area contributed by atoms with Crippen molar-refractivity contribution in [3.63, 3.8) is 0 Å². The number of pyridine rings is 1. The Morgan fingerprint density at radius 2 is 1.80 bits per heavy atom. The molecule has 0 unspecified atom stereocenters. The van der Waals surface area contributed by atoms with Crippen LogP contribution in [0.15, 0.2) is 72.9 Å². The van der Waals surface area contributed by atoms with E-state index < -0.39 is 0 Å². The summed E-state index contributed by atoms with van der Waals surface area (Å²) >= 11 is 6.16. The van der Waals surface area contributed by atoms with E-state index in [1.807, 2.05) is 55.5 Å². The molecule has 3 aromatic rings. The summed E-state index contributed by atoms with van der Waals surface area (Å²) in [5.74, 6) is 0.501. The topological polar surface area (TPSA) is 45.2 Å². The summed E-state index contributed by atoms with van der Waals surface area (Å²) in [4.78, 5) is 18.9. The van der Waals surface area contributed by atoms with Crippen molar-refractivity contribution in [3.05, 3.63) is 83.5 Å². The van der Waals surface area contributed by atoms with Crippen LogP contribution in [-0.4, -0.2) is 17.4 Å². The minimum absolute atomic E-state index is 0.0710. The maximum atomic E-state index is 12.9. The van der Waals surface area contributed by atoms with Gasteiger partial charge in [0.05, 0.1) is 10.7 Å². The van der Waals surface area contributed by atoms with E-state index in [1.165, 1.54) is 0 Å². The third-order valence-electron chi connectivity index (χ3n) is 3.77. The number of nitrogens with zero attached hydrogens (tertiary/aromatic N) is 2. The molecule has 3 rings (SSSR count). The van der Waals surface area contributed by atoms with E-state index in [4.69, 9.17) is 11.6 Å². The van der Waals surface area contributed by atoms with Gasteiger partial charge in [-0.3, -0.25) is 4.79 Å². The van der Waals surface area contributed by atoms with Gasteiger partial charge in [-0.05, 0) is 43.3 Å². The van der Waals surface area contributed by atoms with E-state index in [0.29, 0.717) is 22.9 Å². The zero-order chi connectivity index (χ0) is 17.6. The van der Waals surface area contributed by atoms with E-state index in [0.717, 1.165) is 11.4 Å². The normalized spacial score (nSPS) is 10.3. The summed E-state index contributed by atoms with van der Waals surface area (Å²) in [6.07, 6.45) is 1.62. The van der Waals surface area contributed by atoms with Crippen molar-refractivity contribution >= 4 is 34.7 Å². The van der Waals surface area contributed by atoms with E-state index in [-0.39, 0.29) is 5.91 Å². The van der Waals surface area contributed by atoms with Gasteiger partial charge in [-0.15, -0.1) is 0 Å².